The van der Waals surface area contributed by atoms with Crippen LogP contribution in [0, 0.1) is 6.92 Å². The largest absolute Gasteiger partial charge is 0.481 e. The summed E-state index contributed by atoms with van der Waals surface area (Å²) in [6.45, 7) is 4.94. The number of aryl methyl sites for hydroxylation is 1. The van der Waals surface area contributed by atoms with Gasteiger partial charge in [-0.1, -0.05) is 18.2 Å². The molecule has 0 heterocycles. The van der Waals surface area contributed by atoms with Crippen LogP contribution in [-0.4, -0.2) is 31.7 Å². The van der Waals surface area contributed by atoms with Crippen LogP contribution < -0.4 is 10.0 Å². The van der Waals surface area contributed by atoms with Crippen molar-refractivity contribution in [3.8, 4) is 0 Å². The van der Waals surface area contributed by atoms with Gasteiger partial charge in [0.05, 0.1) is 17.4 Å². The monoisotopic (exact) mass is 390 g/mol. The van der Waals surface area contributed by atoms with E-state index in [1.165, 1.54) is 6.07 Å². The maximum absolute atomic E-state index is 12.5. The summed E-state index contributed by atoms with van der Waals surface area (Å²) in [6, 6.07) is 11.3. The molecular formula is C19H22N2O5S. The van der Waals surface area contributed by atoms with Crippen molar-refractivity contribution in [3.63, 3.8) is 0 Å². The van der Waals surface area contributed by atoms with E-state index in [4.69, 9.17) is 0 Å². The zero-order valence-electron chi connectivity index (χ0n) is 15.5. The molecule has 2 aromatic rings. The maximum Gasteiger partial charge on any atom is 0.313 e. The number of benzene rings is 2. The minimum Gasteiger partial charge on any atom is -0.481 e. The lowest BCUT2D eigenvalue weighted by Gasteiger charge is -2.20. The zero-order chi connectivity index (χ0) is 20.4. The summed E-state index contributed by atoms with van der Waals surface area (Å²) in [5.74, 6) is -1.35. The Morgan fingerprint density at radius 1 is 1.04 bits per heavy atom. The van der Waals surface area contributed by atoms with E-state index in [0.717, 1.165) is 6.26 Å². The number of carboxylic acid groups (broad SMARTS) is 1. The van der Waals surface area contributed by atoms with Gasteiger partial charge in [-0.05, 0) is 56.2 Å². The molecule has 3 N–H and O–H groups in total. The summed E-state index contributed by atoms with van der Waals surface area (Å²) < 4.78 is 25.2. The van der Waals surface area contributed by atoms with Crippen molar-refractivity contribution >= 4 is 33.3 Å². The van der Waals surface area contributed by atoms with Crippen molar-refractivity contribution in [1.82, 2.24) is 0 Å². The van der Waals surface area contributed by atoms with Crippen LogP contribution in [0.1, 0.15) is 35.3 Å². The van der Waals surface area contributed by atoms with Gasteiger partial charge in [-0.3, -0.25) is 14.3 Å². The van der Waals surface area contributed by atoms with Crippen molar-refractivity contribution in [2.75, 3.05) is 16.3 Å². The molecule has 2 rings (SSSR count). The van der Waals surface area contributed by atoms with E-state index in [9.17, 15) is 23.1 Å². The molecule has 2 aromatic carbocycles. The van der Waals surface area contributed by atoms with Gasteiger partial charge in [0.1, 0.15) is 0 Å². The van der Waals surface area contributed by atoms with Gasteiger partial charge in [0.2, 0.25) is 10.0 Å². The Balaban J connectivity index is 2.20. The van der Waals surface area contributed by atoms with Crippen molar-refractivity contribution in [2.45, 2.75) is 26.2 Å². The number of amides is 1. The first kappa shape index (κ1) is 20.4. The van der Waals surface area contributed by atoms with Crippen LogP contribution in [0.5, 0.6) is 0 Å². The van der Waals surface area contributed by atoms with Gasteiger partial charge in [0, 0.05) is 11.3 Å². The number of nitrogens with one attached hydrogen (secondary N) is 2. The van der Waals surface area contributed by atoms with Gasteiger partial charge in [0.25, 0.3) is 5.91 Å². The molecule has 0 spiro atoms. The van der Waals surface area contributed by atoms with E-state index in [-0.39, 0.29) is 0 Å². The van der Waals surface area contributed by atoms with Gasteiger partial charge in [0.15, 0.2) is 0 Å². The fourth-order valence-electron chi connectivity index (χ4n) is 2.37. The summed E-state index contributed by atoms with van der Waals surface area (Å²) >= 11 is 0. The summed E-state index contributed by atoms with van der Waals surface area (Å²) in [5, 5.41) is 12.0. The number of carbonyl (C=O) groups is 2. The Kier molecular flexibility index (Phi) is 5.60. The van der Waals surface area contributed by atoms with Crippen LogP contribution in [0.25, 0.3) is 0 Å². The highest BCUT2D eigenvalue weighted by Gasteiger charge is 2.29. The fraction of sp³-hybridized carbons (Fsp3) is 0.263. The molecule has 144 valence electrons. The Hall–Kier alpha value is -2.87. The second kappa shape index (κ2) is 7.40. The highest BCUT2D eigenvalue weighted by Crippen LogP contribution is 2.25. The van der Waals surface area contributed by atoms with Crippen molar-refractivity contribution in [3.05, 3.63) is 59.2 Å². The summed E-state index contributed by atoms with van der Waals surface area (Å²) in [7, 11) is -3.46. The smallest absolute Gasteiger partial charge is 0.313 e. The summed E-state index contributed by atoms with van der Waals surface area (Å²) in [5.41, 5.74) is 1.40. The van der Waals surface area contributed by atoms with E-state index in [1.54, 1.807) is 57.2 Å². The molecule has 0 aliphatic rings. The van der Waals surface area contributed by atoms with Crippen molar-refractivity contribution < 1.29 is 23.1 Å². The van der Waals surface area contributed by atoms with Gasteiger partial charge in [-0.25, -0.2) is 8.42 Å². The van der Waals surface area contributed by atoms with Gasteiger partial charge in [-0.15, -0.1) is 0 Å². The van der Waals surface area contributed by atoms with E-state index in [2.05, 4.69) is 10.0 Å². The molecule has 0 saturated carbocycles. The fourth-order valence-corrected chi connectivity index (χ4v) is 2.99. The third-order valence-electron chi connectivity index (χ3n) is 4.19. The SMILES string of the molecule is Cc1ccc(C(=O)Nc2ccc(C(C)(C)C(=O)O)cc2)cc1NS(C)(=O)=O. The molecule has 7 nitrogen and oxygen atoms in total. The lowest BCUT2D eigenvalue weighted by molar-refractivity contribution is -0.142. The van der Waals surface area contributed by atoms with Crippen LogP contribution >= 0.6 is 0 Å². The average Bonchev–Trinajstić information content (AvgIpc) is 2.56. The maximum atomic E-state index is 12.5. The molecular weight excluding hydrogens is 368 g/mol. The minimum atomic E-state index is -3.46. The Morgan fingerprint density at radius 2 is 1.63 bits per heavy atom. The number of anilines is 2. The Bertz CT molecular complexity index is 980. The van der Waals surface area contributed by atoms with Crippen molar-refractivity contribution in [2.24, 2.45) is 0 Å². The number of rotatable bonds is 6. The van der Waals surface area contributed by atoms with Crippen LogP contribution in [0.15, 0.2) is 42.5 Å². The predicted octanol–water partition coefficient (Wildman–Crippen LogP) is 2.98. The van der Waals surface area contributed by atoms with Gasteiger partial charge >= 0.3 is 5.97 Å². The van der Waals surface area contributed by atoms with Gasteiger partial charge < -0.3 is 10.4 Å². The number of hydrogen-bond donors (Lipinski definition) is 3. The highest BCUT2D eigenvalue weighted by atomic mass is 32.2. The first-order chi connectivity index (χ1) is 12.4. The normalized spacial score (nSPS) is 11.7. The summed E-state index contributed by atoms with van der Waals surface area (Å²) in [6.07, 6.45) is 1.04. The van der Waals surface area contributed by atoms with Crippen LogP contribution in [0.2, 0.25) is 0 Å². The number of aliphatic carboxylic acids is 1. The van der Waals surface area contributed by atoms with Crippen LogP contribution in [0.4, 0.5) is 11.4 Å². The second-order valence-electron chi connectivity index (χ2n) is 6.87. The van der Waals surface area contributed by atoms with Gasteiger partial charge in [-0.2, -0.15) is 0 Å². The molecule has 0 fully saturated rings. The first-order valence-electron chi connectivity index (χ1n) is 8.14. The molecule has 0 unspecified atom stereocenters. The van der Waals surface area contributed by atoms with E-state index in [1.807, 2.05) is 0 Å². The Morgan fingerprint density at radius 3 is 2.15 bits per heavy atom. The average molecular weight is 390 g/mol. The zero-order valence-corrected chi connectivity index (χ0v) is 16.3. The van der Waals surface area contributed by atoms with Crippen LogP contribution in [-0.2, 0) is 20.2 Å². The van der Waals surface area contributed by atoms with E-state index >= 15 is 0 Å². The van der Waals surface area contributed by atoms with Crippen molar-refractivity contribution in [1.29, 1.82) is 0 Å². The number of carbonyl (C=O) groups excluding carboxylic acids is 1. The quantitative estimate of drug-likeness (QED) is 0.702. The highest BCUT2D eigenvalue weighted by molar-refractivity contribution is 7.92. The molecule has 0 aromatic heterocycles. The Labute approximate surface area is 158 Å². The lowest BCUT2D eigenvalue weighted by Crippen LogP contribution is -2.28. The minimum absolute atomic E-state index is 0.293. The molecule has 0 aliphatic carbocycles. The third kappa shape index (κ3) is 5.07. The topological polar surface area (TPSA) is 113 Å². The molecule has 0 aliphatic heterocycles. The summed E-state index contributed by atoms with van der Waals surface area (Å²) in [4.78, 5) is 23.8. The number of hydrogen-bond acceptors (Lipinski definition) is 4. The molecule has 0 atom stereocenters. The molecule has 8 heteroatoms. The molecule has 0 bridgehead atoms. The molecule has 27 heavy (non-hydrogen) atoms. The molecule has 1 amide bonds. The first-order valence-corrected chi connectivity index (χ1v) is 10.0. The number of sulfonamides is 1. The van der Waals surface area contributed by atoms with E-state index in [0.29, 0.717) is 28.1 Å². The van der Waals surface area contributed by atoms with E-state index < -0.39 is 27.3 Å². The van der Waals surface area contributed by atoms with Crippen LogP contribution in [0.3, 0.4) is 0 Å². The third-order valence-corrected chi connectivity index (χ3v) is 4.78. The standard InChI is InChI=1S/C19H22N2O5S/c1-12-5-6-13(11-16(12)21-27(4,25)26)17(22)20-15-9-7-14(8-10-15)19(2,3)18(23)24/h5-11,21H,1-4H3,(H,20,22)(H,23,24). The predicted molar refractivity (Wildman–Crippen MR) is 105 cm³/mol. The lowest BCUT2D eigenvalue weighted by atomic mass is 9.85. The number of carboxylic acids is 1. The second-order valence-corrected chi connectivity index (χ2v) is 8.61. The molecule has 0 radical (unpaired) electrons. The molecule has 0 saturated heterocycles.